The minimum absolute atomic E-state index is 0.0209. The quantitative estimate of drug-likeness (QED) is 0.376. The molecule has 2 aromatic carbocycles. The van der Waals surface area contributed by atoms with Crippen LogP contribution in [-0.4, -0.2) is 38.0 Å². The van der Waals surface area contributed by atoms with E-state index >= 15 is 0 Å². The highest BCUT2D eigenvalue weighted by Gasteiger charge is 2.40. The number of hydrogen-bond acceptors (Lipinski definition) is 5. The summed E-state index contributed by atoms with van der Waals surface area (Å²) in [6, 6.07) is 7.55. The van der Waals surface area contributed by atoms with Crippen molar-refractivity contribution in [2.75, 3.05) is 21.3 Å². The molecular formula is C28H37O5P. The molecule has 1 fully saturated rings. The normalized spacial score (nSPS) is 15.2. The molecule has 1 aliphatic carbocycles. The molecule has 0 N–H and O–H groups in total. The van der Waals surface area contributed by atoms with Crippen LogP contribution in [-0.2, 0) is 5.41 Å². The first-order valence-electron chi connectivity index (χ1n) is 11.8. The molecule has 0 aromatic heterocycles. The SMILES string of the molecule is COc1cc(OC)c(C(=O)P(C(=O)c2c(C)cc(C(C)(C)C)cc2C)C2CCCC2)c(OC)c1. The Balaban J connectivity index is 2.15. The molecule has 0 saturated heterocycles. The average molecular weight is 485 g/mol. The average Bonchev–Trinajstić information content (AvgIpc) is 3.31. The summed E-state index contributed by atoms with van der Waals surface area (Å²) < 4.78 is 16.5. The van der Waals surface area contributed by atoms with Crippen LogP contribution in [0.4, 0.5) is 0 Å². The van der Waals surface area contributed by atoms with Crippen LogP contribution in [0.3, 0.4) is 0 Å². The minimum Gasteiger partial charge on any atom is -0.496 e. The third-order valence-electron chi connectivity index (χ3n) is 6.67. The number of benzene rings is 2. The maximum absolute atomic E-state index is 14.2. The van der Waals surface area contributed by atoms with Gasteiger partial charge in [0.05, 0.1) is 21.3 Å². The molecular weight excluding hydrogens is 447 g/mol. The van der Waals surface area contributed by atoms with Gasteiger partial charge in [0, 0.05) is 25.6 Å². The number of rotatable bonds is 8. The predicted molar refractivity (Wildman–Crippen MR) is 139 cm³/mol. The second-order valence-corrected chi connectivity index (χ2v) is 12.3. The first kappa shape index (κ1) is 26.2. The lowest BCUT2D eigenvalue weighted by Crippen LogP contribution is -2.19. The Labute approximate surface area is 204 Å². The fraction of sp³-hybridized carbons (Fsp3) is 0.500. The molecule has 0 heterocycles. The van der Waals surface area contributed by atoms with Crippen LogP contribution in [0.5, 0.6) is 17.2 Å². The van der Waals surface area contributed by atoms with E-state index in [1.165, 1.54) is 19.8 Å². The van der Waals surface area contributed by atoms with Gasteiger partial charge in [0.25, 0.3) is 0 Å². The van der Waals surface area contributed by atoms with Crippen LogP contribution in [0.25, 0.3) is 0 Å². The third-order valence-corrected chi connectivity index (χ3v) is 9.24. The van der Waals surface area contributed by atoms with Crippen LogP contribution in [0.2, 0.25) is 0 Å². The molecule has 6 heteroatoms. The second-order valence-electron chi connectivity index (χ2n) is 10.1. The maximum Gasteiger partial charge on any atom is 0.199 e. The van der Waals surface area contributed by atoms with Crippen molar-refractivity contribution in [3.05, 3.63) is 52.1 Å². The number of aryl methyl sites for hydroxylation is 2. The molecule has 2 aromatic rings. The lowest BCUT2D eigenvalue weighted by Gasteiger charge is -2.26. The Hall–Kier alpha value is -2.39. The molecule has 1 atom stereocenters. The number of carbonyl (C=O) groups is 2. The predicted octanol–water partition coefficient (Wildman–Crippen LogP) is 7.03. The first-order chi connectivity index (χ1) is 16.0. The molecule has 34 heavy (non-hydrogen) atoms. The molecule has 0 amide bonds. The number of methoxy groups -OCH3 is 3. The molecule has 0 radical (unpaired) electrons. The summed E-state index contributed by atoms with van der Waals surface area (Å²) in [5.74, 6) is 1.28. The van der Waals surface area contributed by atoms with Crippen LogP contribution in [0.1, 0.15) is 83.9 Å². The van der Waals surface area contributed by atoms with Crippen molar-refractivity contribution in [3.63, 3.8) is 0 Å². The minimum atomic E-state index is -1.64. The van der Waals surface area contributed by atoms with E-state index in [4.69, 9.17) is 14.2 Å². The lowest BCUT2D eigenvalue weighted by molar-refractivity contribution is 0.104. The van der Waals surface area contributed by atoms with Crippen molar-refractivity contribution in [1.82, 2.24) is 0 Å². The highest BCUT2D eigenvalue weighted by atomic mass is 31.1. The number of carbonyl (C=O) groups excluding carboxylic acids is 2. The maximum atomic E-state index is 14.2. The largest absolute Gasteiger partial charge is 0.496 e. The van der Waals surface area contributed by atoms with Gasteiger partial charge in [0.2, 0.25) is 0 Å². The summed E-state index contributed by atoms with van der Waals surface area (Å²) in [5, 5.41) is 0. The van der Waals surface area contributed by atoms with Crippen molar-refractivity contribution >= 4 is 19.0 Å². The van der Waals surface area contributed by atoms with Crippen molar-refractivity contribution in [1.29, 1.82) is 0 Å². The smallest absolute Gasteiger partial charge is 0.199 e. The fourth-order valence-electron chi connectivity index (χ4n) is 4.78. The van der Waals surface area contributed by atoms with E-state index in [1.54, 1.807) is 19.2 Å². The standard InChI is InChI=1S/C28H37O5P/c1-17-13-19(28(3,4)5)14-18(2)24(17)26(29)34(21-11-9-10-12-21)27(30)25-22(32-7)15-20(31-6)16-23(25)33-8/h13-16,21H,9-12H2,1-8H3. The summed E-state index contributed by atoms with van der Waals surface area (Å²) in [5.41, 5.74) is 3.90. The first-order valence-corrected chi connectivity index (χ1v) is 13.2. The zero-order valence-corrected chi connectivity index (χ0v) is 22.6. The van der Waals surface area contributed by atoms with Gasteiger partial charge in [0.15, 0.2) is 11.0 Å². The molecule has 1 aliphatic rings. The Morgan fingerprint density at radius 3 is 1.68 bits per heavy atom. The Kier molecular flexibility index (Phi) is 8.08. The van der Waals surface area contributed by atoms with E-state index in [9.17, 15) is 9.59 Å². The van der Waals surface area contributed by atoms with Gasteiger partial charge in [-0.2, -0.15) is 0 Å². The summed E-state index contributed by atoms with van der Waals surface area (Å²) in [4.78, 5) is 28.3. The summed E-state index contributed by atoms with van der Waals surface area (Å²) in [6.07, 6.45) is 3.87. The Bertz CT molecular complexity index is 1030. The zero-order chi connectivity index (χ0) is 25.2. The lowest BCUT2D eigenvalue weighted by atomic mass is 9.84. The molecule has 0 spiro atoms. The van der Waals surface area contributed by atoms with E-state index in [0.717, 1.165) is 36.8 Å². The summed E-state index contributed by atoms with van der Waals surface area (Å²) in [7, 11) is 2.95. The highest BCUT2D eigenvalue weighted by molar-refractivity contribution is 7.90. The van der Waals surface area contributed by atoms with Gasteiger partial charge in [-0.15, -0.1) is 0 Å². The molecule has 0 bridgehead atoms. The molecule has 5 nitrogen and oxygen atoms in total. The van der Waals surface area contributed by atoms with Gasteiger partial charge in [-0.05, 0) is 54.5 Å². The van der Waals surface area contributed by atoms with Crippen LogP contribution in [0.15, 0.2) is 24.3 Å². The topological polar surface area (TPSA) is 61.8 Å². The van der Waals surface area contributed by atoms with Gasteiger partial charge >= 0.3 is 0 Å². The van der Waals surface area contributed by atoms with Gasteiger partial charge in [-0.1, -0.05) is 45.7 Å². The van der Waals surface area contributed by atoms with E-state index < -0.39 is 7.92 Å². The zero-order valence-electron chi connectivity index (χ0n) is 21.7. The second kappa shape index (κ2) is 10.5. The van der Waals surface area contributed by atoms with Gasteiger partial charge in [0.1, 0.15) is 22.8 Å². The Morgan fingerprint density at radius 1 is 0.794 bits per heavy atom. The molecule has 1 unspecified atom stereocenters. The van der Waals surface area contributed by atoms with Gasteiger partial charge < -0.3 is 14.2 Å². The molecule has 184 valence electrons. The number of hydrogen-bond donors (Lipinski definition) is 0. The van der Waals surface area contributed by atoms with Gasteiger partial charge in [-0.25, -0.2) is 0 Å². The number of ether oxygens (including phenoxy) is 3. The van der Waals surface area contributed by atoms with Gasteiger partial charge in [-0.3, -0.25) is 9.59 Å². The monoisotopic (exact) mass is 484 g/mol. The molecule has 3 rings (SSSR count). The van der Waals surface area contributed by atoms with Crippen molar-refractivity contribution < 1.29 is 23.8 Å². The summed E-state index contributed by atoms with van der Waals surface area (Å²) in [6.45, 7) is 10.5. The molecule has 1 saturated carbocycles. The van der Waals surface area contributed by atoms with Crippen molar-refractivity contribution in [3.8, 4) is 17.2 Å². The van der Waals surface area contributed by atoms with Crippen LogP contribution < -0.4 is 14.2 Å². The Morgan fingerprint density at radius 2 is 1.26 bits per heavy atom. The fourth-order valence-corrected chi connectivity index (χ4v) is 7.56. The van der Waals surface area contributed by atoms with Crippen LogP contribution >= 0.6 is 7.92 Å². The third kappa shape index (κ3) is 5.15. The van der Waals surface area contributed by atoms with E-state index in [2.05, 4.69) is 32.9 Å². The van der Waals surface area contributed by atoms with E-state index in [1.807, 2.05) is 13.8 Å². The van der Waals surface area contributed by atoms with Crippen LogP contribution in [0, 0.1) is 13.8 Å². The van der Waals surface area contributed by atoms with Crippen molar-refractivity contribution in [2.24, 2.45) is 0 Å². The highest BCUT2D eigenvalue weighted by Crippen LogP contribution is 2.56. The van der Waals surface area contributed by atoms with E-state index in [-0.39, 0.29) is 22.1 Å². The molecule has 0 aliphatic heterocycles. The van der Waals surface area contributed by atoms with Crippen molar-refractivity contribution in [2.45, 2.75) is 71.4 Å². The van der Waals surface area contributed by atoms with E-state index in [0.29, 0.717) is 28.4 Å². The summed E-state index contributed by atoms with van der Waals surface area (Å²) >= 11 is 0.